The monoisotopic (exact) mass is 550 g/mol. The zero-order valence-electron chi connectivity index (χ0n) is 23.4. The first kappa shape index (κ1) is 24.1. The van der Waals surface area contributed by atoms with E-state index in [0.717, 1.165) is 79.3 Å². The number of fused-ring (bicyclic) bond motifs is 6. The van der Waals surface area contributed by atoms with Crippen molar-refractivity contribution in [3.05, 3.63) is 139 Å². The van der Waals surface area contributed by atoms with Crippen LogP contribution in [0.2, 0.25) is 0 Å². The second-order valence-corrected chi connectivity index (χ2v) is 11.3. The fourth-order valence-corrected chi connectivity index (χ4v) is 6.60. The third kappa shape index (κ3) is 3.97. The molecule has 202 valence electrons. The molecule has 43 heavy (non-hydrogen) atoms. The predicted molar refractivity (Wildman–Crippen MR) is 178 cm³/mol. The number of nitrogens with zero attached hydrogens (tertiary/aromatic N) is 2. The Bertz CT molecular complexity index is 2410. The van der Waals surface area contributed by atoms with Crippen LogP contribution in [0.3, 0.4) is 0 Å². The molecule has 1 aliphatic rings. The standard InChI is InChI=1S/C40H26N2O/c1-2-13-31-25(9-1)10-8-16-33(31)39-34-15-3-5-17-36(34)41-40(42-39)29-12-7-11-26(21-29)27-19-20-28-23-35-32-14-4-6-18-37(32)43-38(35)24-30(28)22-27/h1,3-12,14-24H,2,13H2. The first-order valence-corrected chi connectivity index (χ1v) is 14.8. The molecule has 0 saturated carbocycles. The Kier molecular flexibility index (Phi) is 5.32. The molecule has 2 aromatic heterocycles. The molecule has 0 amide bonds. The smallest absolute Gasteiger partial charge is 0.160 e. The molecule has 0 bridgehead atoms. The first-order chi connectivity index (χ1) is 21.3. The summed E-state index contributed by atoms with van der Waals surface area (Å²) in [6, 6.07) is 42.7. The van der Waals surface area contributed by atoms with E-state index in [2.05, 4.69) is 121 Å². The quantitative estimate of drug-likeness (QED) is 0.220. The summed E-state index contributed by atoms with van der Waals surface area (Å²) < 4.78 is 6.18. The number of allylic oxidation sites excluding steroid dienone is 1. The maximum absolute atomic E-state index is 6.18. The van der Waals surface area contributed by atoms with Crippen molar-refractivity contribution in [1.29, 1.82) is 0 Å². The lowest BCUT2D eigenvalue weighted by atomic mass is 9.90. The third-order valence-electron chi connectivity index (χ3n) is 8.72. The maximum Gasteiger partial charge on any atom is 0.160 e. The lowest BCUT2D eigenvalue weighted by Crippen LogP contribution is -2.01. The molecule has 3 heteroatoms. The van der Waals surface area contributed by atoms with E-state index in [9.17, 15) is 0 Å². The van der Waals surface area contributed by atoms with Crippen LogP contribution < -0.4 is 0 Å². The van der Waals surface area contributed by atoms with Crippen LogP contribution in [-0.2, 0) is 6.42 Å². The zero-order valence-corrected chi connectivity index (χ0v) is 23.4. The summed E-state index contributed by atoms with van der Waals surface area (Å²) >= 11 is 0. The molecule has 0 saturated heterocycles. The lowest BCUT2D eigenvalue weighted by molar-refractivity contribution is 0.669. The van der Waals surface area contributed by atoms with E-state index in [-0.39, 0.29) is 0 Å². The largest absolute Gasteiger partial charge is 0.456 e. The van der Waals surface area contributed by atoms with Gasteiger partial charge in [0.25, 0.3) is 0 Å². The van der Waals surface area contributed by atoms with Crippen LogP contribution in [0.5, 0.6) is 0 Å². The molecule has 9 rings (SSSR count). The van der Waals surface area contributed by atoms with Crippen molar-refractivity contribution in [3.63, 3.8) is 0 Å². The molecule has 0 N–H and O–H groups in total. The molecule has 8 aromatic rings. The molecule has 6 aromatic carbocycles. The minimum atomic E-state index is 0.740. The van der Waals surface area contributed by atoms with E-state index in [1.54, 1.807) is 0 Å². The molecule has 1 aliphatic carbocycles. The molecule has 0 radical (unpaired) electrons. The van der Waals surface area contributed by atoms with Gasteiger partial charge >= 0.3 is 0 Å². The summed E-state index contributed by atoms with van der Waals surface area (Å²) in [5.41, 5.74) is 10.9. The van der Waals surface area contributed by atoms with Crippen molar-refractivity contribution in [1.82, 2.24) is 9.97 Å². The van der Waals surface area contributed by atoms with Gasteiger partial charge in [0.15, 0.2) is 5.82 Å². The summed E-state index contributed by atoms with van der Waals surface area (Å²) in [6.45, 7) is 0. The second-order valence-electron chi connectivity index (χ2n) is 11.3. The van der Waals surface area contributed by atoms with Crippen LogP contribution in [0.4, 0.5) is 0 Å². The molecule has 2 heterocycles. The van der Waals surface area contributed by atoms with Gasteiger partial charge in [-0.25, -0.2) is 9.97 Å². The molecule has 0 aliphatic heterocycles. The Morgan fingerprint density at radius 2 is 1.40 bits per heavy atom. The van der Waals surface area contributed by atoms with Gasteiger partial charge < -0.3 is 4.42 Å². The number of hydrogen-bond donors (Lipinski definition) is 0. The van der Waals surface area contributed by atoms with Crippen LogP contribution in [0, 0.1) is 0 Å². The average Bonchev–Trinajstić information content (AvgIpc) is 3.43. The van der Waals surface area contributed by atoms with E-state index < -0.39 is 0 Å². The van der Waals surface area contributed by atoms with E-state index in [4.69, 9.17) is 14.4 Å². The Morgan fingerprint density at radius 1 is 0.558 bits per heavy atom. The maximum atomic E-state index is 6.18. The van der Waals surface area contributed by atoms with E-state index in [1.165, 1.54) is 22.1 Å². The van der Waals surface area contributed by atoms with E-state index >= 15 is 0 Å². The van der Waals surface area contributed by atoms with Crippen LogP contribution in [0.25, 0.3) is 83.5 Å². The van der Waals surface area contributed by atoms with Crippen molar-refractivity contribution < 1.29 is 4.42 Å². The average molecular weight is 551 g/mol. The van der Waals surface area contributed by atoms with Crippen LogP contribution in [0.15, 0.2) is 132 Å². The minimum absolute atomic E-state index is 0.740. The number of rotatable bonds is 3. The van der Waals surface area contributed by atoms with Crippen molar-refractivity contribution in [2.75, 3.05) is 0 Å². The van der Waals surface area contributed by atoms with Gasteiger partial charge in [0.1, 0.15) is 11.2 Å². The van der Waals surface area contributed by atoms with Crippen LogP contribution in [0.1, 0.15) is 17.5 Å². The number of aromatic nitrogens is 2. The molecule has 3 nitrogen and oxygen atoms in total. The molecule has 0 atom stereocenters. The van der Waals surface area contributed by atoms with Gasteiger partial charge in [0, 0.05) is 27.3 Å². The first-order valence-electron chi connectivity index (χ1n) is 14.8. The van der Waals surface area contributed by atoms with Gasteiger partial charge in [-0.1, -0.05) is 97.1 Å². The fourth-order valence-electron chi connectivity index (χ4n) is 6.60. The van der Waals surface area contributed by atoms with Crippen molar-refractivity contribution in [2.45, 2.75) is 12.8 Å². The Morgan fingerprint density at radius 3 is 2.37 bits per heavy atom. The Hall–Kier alpha value is -5.54. The van der Waals surface area contributed by atoms with Gasteiger partial charge in [-0.05, 0) is 82.3 Å². The van der Waals surface area contributed by atoms with Crippen LogP contribution in [-0.4, -0.2) is 9.97 Å². The summed E-state index contributed by atoms with van der Waals surface area (Å²) in [6.07, 6.45) is 6.56. The summed E-state index contributed by atoms with van der Waals surface area (Å²) in [7, 11) is 0. The Balaban J connectivity index is 1.17. The molecule has 0 unspecified atom stereocenters. The number of benzene rings is 6. The third-order valence-corrected chi connectivity index (χ3v) is 8.72. The summed E-state index contributed by atoms with van der Waals surface area (Å²) in [5, 5.41) is 5.73. The fraction of sp³-hybridized carbons (Fsp3) is 0.0500. The lowest BCUT2D eigenvalue weighted by Gasteiger charge is -2.17. The number of hydrogen-bond acceptors (Lipinski definition) is 3. The Labute approximate surface area is 248 Å². The van der Waals surface area contributed by atoms with E-state index in [1.807, 2.05) is 12.1 Å². The normalized spacial score (nSPS) is 12.8. The highest BCUT2D eigenvalue weighted by Crippen LogP contribution is 2.37. The highest BCUT2D eigenvalue weighted by atomic mass is 16.3. The highest BCUT2D eigenvalue weighted by Gasteiger charge is 2.17. The van der Waals surface area contributed by atoms with Gasteiger partial charge in [-0.3, -0.25) is 0 Å². The van der Waals surface area contributed by atoms with E-state index in [0.29, 0.717) is 0 Å². The molecule has 0 fully saturated rings. The predicted octanol–water partition coefficient (Wildman–Crippen LogP) is 10.6. The van der Waals surface area contributed by atoms with Gasteiger partial charge in [-0.15, -0.1) is 0 Å². The van der Waals surface area contributed by atoms with Gasteiger partial charge in [0.2, 0.25) is 0 Å². The van der Waals surface area contributed by atoms with Crippen LogP contribution >= 0.6 is 0 Å². The summed E-state index contributed by atoms with van der Waals surface area (Å²) in [5.74, 6) is 0.740. The zero-order chi connectivity index (χ0) is 28.3. The highest BCUT2D eigenvalue weighted by molar-refractivity contribution is 6.10. The van der Waals surface area contributed by atoms with Gasteiger partial charge in [0.05, 0.1) is 11.2 Å². The molecular formula is C40H26N2O. The summed E-state index contributed by atoms with van der Waals surface area (Å²) in [4.78, 5) is 10.3. The molecular weight excluding hydrogens is 524 g/mol. The minimum Gasteiger partial charge on any atom is -0.456 e. The van der Waals surface area contributed by atoms with Crippen molar-refractivity contribution in [2.24, 2.45) is 0 Å². The van der Waals surface area contributed by atoms with Gasteiger partial charge in [-0.2, -0.15) is 0 Å². The SMILES string of the molecule is C1=Cc2cccc(-c3nc(-c4cccc(-c5ccc6cc7c(cc6c5)oc5ccccc57)c4)nc4ccccc34)c2CC1. The second kappa shape index (κ2) is 9.50. The topological polar surface area (TPSA) is 38.9 Å². The molecule has 0 spiro atoms. The number of furan rings is 1. The van der Waals surface area contributed by atoms with Crippen molar-refractivity contribution in [3.8, 4) is 33.8 Å². The number of para-hydroxylation sites is 2. The van der Waals surface area contributed by atoms with Crippen molar-refractivity contribution >= 4 is 49.7 Å².